The molecule has 0 bridgehead atoms. The van der Waals surface area contributed by atoms with Crippen LogP contribution in [0.4, 0.5) is 11.4 Å². The summed E-state index contributed by atoms with van der Waals surface area (Å²) < 4.78 is 0. The van der Waals surface area contributed by atoms with Gasteiger partial charge >= 0.3 is 0 Å². The van der Waals surface area contributed by atoms with Gasteiger partial charge in [-0.25, -0.2) is 0 Å². The highest BCUT2D eigenvalue weighted by Gasteiger charge is 2.09. The second-order valence-electron chi connectivity index (χ2n) is 4.53. The van der Waals surface area contributed by atoms with E-state index in [-0.39, 0.29) is 11.7 Å². The van der Waals surface area contributed by atoms with Gasteiger partial charge in [0.15, 0.2) is 0 Å². The second kappa shape index (κ2) is 5.52. The number of hydrogen-bond acceptors (Lipinski definition) is 3. The number of rotatable bonds is 4. The van der Waals surface area contributed by atoms with Gasteiger partial charge < -0.3 is 5.32 Å². The van der Waals surface area contributed by atoms with E-state index >= 15 is 0 Å². The van der Waals surface area contributed by atoms with Gasteiger partial charge in [-0.15, -0.1) is 0 Å². The highest BCUT2D eigenvalue weighted by atomic mass is 16.6. The lowest BCUT2D eigenvalue weighted by molar-refractivity contribution is -0.384. The first kappa shape index (κ1) is 13.1. The lowest BCUT2D eigenvalue weighted by Crippen LogP contribution is -2.07. The molecule has 0 amide bonds. The molecule has 1 N–H and O–H groups in total. The Balaban J connectivity index is 2.13. The van der Waals surface area contributed by atoms with Crippen LogP contribution in [0.2, 0.25) is 0 Å². The molecule has 0 aromatic heterocycles. The van der Waals surface area contributed by atoms with Crippen LogP contribution in [0, 0.1) is 17.0 Å². The number of nitro groups is 1. The molecule has 1 unspecified atom stereocenters. The standard InChI is InChI=1S/C15H16N2O2/c1-11-5-3-4-6-15(11)12(2)16-13-7-9-14(10-8-13)17(18)19/h3-10,12,16H,1-2H3. The molecule has 0 saturated carbocycles. The molecule has 0 heterocycles. The number of hydrogen-bond donors (Lipinski definition) is 1. The number of non-ortho nitro benzene ring substituents is 1. The van der Waals surface area contributed by atoms with Crippen molar-refractivity contribution in [2.45, 2.75) is 19.9 Å². The quantitative estimate of drug-likeness (QED) is 0.662. The molecule has 0 saturated heterocycles. The zero-order valence-corrected chi connectivity index (χ0v) is 11.0. The fourth-order valence-corrected chi connectivity index (χ4v) is 2.08. The lowest BCUT2D eigenvalue weighted by Gasteiger charge is -2.17. The Hall–Kier alpha value is -2.36. The lowest BCUT2D eigenvalue weighted by atomic mass is 10.0. The second-order valence-corrected chi connectivity index (χ2v) is 4.53. The highest BCUT2D eigenvalue weighted by Crippen LogP contribution is 2.23. The molecule has 0 aliphatic heterocycles. The normalized spacial score (nSPS) is 11.9. The van der Waals surface area contributed by atoms with Gasteiger partial charge in [-0.1, -0.05) is 24.3 Å². The third-order valence-electron chi connectivity index (χ3n) is 3.12. The molecule has 2 aromatic rings. The summed E-state index contributed by atoms with van der Waals surface area (Å²) in [5.74, 6) is 0. The average Bonchev–Trinajstić information content (AvgIpc) is 2.39. The highest BCUT2D eigenvalue weighted by molar-refractivity contribution is 5.50. The minimum Gasteiger partial charge on any atom is -0.379 e. The van der Waals surface area contributed by atoms with E-state index in [1.54, 1.807) is 12.1 Å². The molecule has 1 atom stereocenters. The van der Waals surface area contributed by atoms with E-state index in [0.29, 0.717) is 0 Å². The largest absolute Gasteiger partial charge is 0.379 e. The van der Waals surface area contributed by atoms with Gasteiger partial charge in [-0.3, -0.25) is 10.1 Å². The number of nitro benzene ring substituents is 1. The molecule has 0 fully saturated rings. The molecule has 0 spiro atoms. The summed E-state index contributed by atoms with van der Waals surface area (Å²) in [6.07, 6.45) is 0. The zero-order chi connectivity index (χ0) is 13.8. The minimum absolute atomic E-state index is 0.106. The van der Waals surface area contributed by atoms with E-state index in [2.05, 4.69) is 31.3 Å². The van der Waals surface area contributed by atoms with E-state index in [0.717, 1.165) is 5.69 Å². The van der Waals surface area contributed by atoms with Gasteiger partial charge in [0.1, 0.15) is 0 Å². The Morgan fingerprint density at radius 3 is 2.32 bits per heavy atom. The van der Waals surface area contributed by atoms with Crippen LogP contribution in [0.1, 0.15) is 24.1 Å². The van der Waals surface area contributed by atoms with Crippen LogP contribution < -0.4 is 5.32 Å². The maximum absolute atomic E-state index is 10.6. The van der Waals surface area contributed by atoms with E-state index in [9.17, 15) is 10.1 Å². The molecular weight excluding hydrogens is 240 g/mol. The number of anilines is 1. The Morgan fingerprint density at radius 1 is 1.11 bits per heavy atom. The summed E-state index contributed by atoms with van der Waals surface area (Å²) in [6, 6.07) is 14.8. The van der Waals surface area contributed by atoms with Gasteiger partial charge in [0.25, 0.3) is 5.69 Å². The molecule has 98 valence electrons. The zero-order valence-electron chi connectivity index (χ0n) is 11.0. The average molecular weight is 256 g/mol. The molecule has 0 aliphatic carbocycles. The summed E-state index contributed by atoms with van der Waals surface area (Å²) in [7, 11) is 0. The monoisotopic (exact) mass is 256 g/mol. The molecule has 4 heteroatoms. The van der Waals surface area contributed by atoms with Crippen LogP contribution in [0.25, 0.3) is 0 Å². The summed E-state index contributed by atoms with van der Waals surface area (Å²) in [5, 5.41) is 13.9. The Morgan fingerprint density at radius 2 is 1.74 bits per heavy atom. The fourth-order valence-electron chi connectivity index (χ4n) is 2.08. The van der Waals surface area contributed by atoms with Crippen molar-refractivity contribution in [3.8, 4) is 0 Å². The smallest absolute Gasteiger partial charge is 0.269 e. The van der Waals surface area contributed by atoms with Gasteiger partial charge in [0, 0.05) is 23.9 Å². The van der Waals surface area contributed by atoms with Crippen molar-refractivity contribution in [2.75, 3.05) is 5.32 Å². The Kier molecular flexibility index (Phi) is 3.80. The number of benzene rings is 2. The minimum atomic E-state index is -0.394. The molecule has 0 aliphatic rings. The first-order chi connectivity index (χ1) is 9.08. The van der Waals surface area contributed by atoms with E-state index in [1.807, 2.05) is 12.1 Å². The van der Waals surface area contributed by atoms with Crippen molar-refractivity contribution in [2.24, 2.45) is 0 Å². The topological polar surface area (TPSA) is 55.2 Å². The van der Waals surface area contributed by atoms with Crippen molar-refractivity contribution < 1.29 is 4.92 Å². The SMILES string of the molecule is Cc1ccccc1C(C)Nc1ccc([N+](=O)[O-])cc1. The number of nitrogens with zero attached hydrogens (tertiary/aromatic N) is 1. The van der Waals surface area contributed by atoms with E-state index < -0.39 is 4.92 Å². The first-order valence-electron chi connectivity index (χ1n) is 6.14. The van der Waals surface area contributed by atoms with Crippen LogP contribution in [0.5, 0.6) is 0 Å². The van der Waals surface area contributed by atoms with Crippen LogP contribution in [0.15, 0.2) is 48.5 Å². The summed E-state index contributed by atoms with van der Waals surface area (Å²) in [5.41, 5.74) is 3.43. The predicted molar refractivity (Wildman–Crippen MR) is 76.3 cm³/mol. The third kappa shape index (κ3) is 3.10. The van der Waals surface area contributed by atoms with Crippen molar-refractivity contribution >= 4 is 11.4 Å². The fraction of sp³-hybridized carbons (Fsp3) is 0.200. The van der Waals surface area contributed by atoms with Crippen molar-refractivity contribution in [3.63, 3.8) is 0 Å². The Labute approximate surface area is 112 Å². The first-order valence-corrected chi connectivity index (χ1v) is 6.14. The van der Waals surface area contributed by atoms with Crippen LogP contribution in [0.3, 0.4) is 0 Å². The predicted octanol–water partition coefficient (Wildman–Crippen LogP) is 4.08. The molecule has 2 aromatic carbocycles. The number of nitrogens with one attached hydrogen (secondary N) is 1. The van der Waals surface area contributed by atoms with Gasteiger partial charge in [-0.2, -0.15) is 0 Å². The summed E-state index contributed by atoms with van der Waals surface area (Å²) >= 11 is 0. The third-order valence-corrected chi connectivity index (χ3v) is 3.12. The molecule has 4 nitrogen and oxygen atoms in total. The van der Waals surface area contributed by atoms with Gasteiger partial charge in [0.05, 0.1) is 4.92 Å². The van der Waals surface area contributed by atoms with Crippen LogP contribution in [-0.2, 0) is 0 Å². The van der Waals surface area contributed by atoms with Crippen molar-refractivity contribution in [1.82, 2.24) is 0 Å². The molecular formula is C15H16N2O2. The summed E-state index contributed by atoms with van der Waals surface area (Å²) in [4.78, 5) is 10.2. The maximum atomic E-state index is 10.6. The maximum Gasteiger partial charge on any atom is 0.269 e. The van der Waals surface area contributed by atoms with Gasteiger partial charge in [0.2, 0.25) is 0 Å². The summed E-state index contributed by atoms with van der Waals surface area (Å²) in [6.45, 7) is 4.15. The molecule has 19 heavy (non-hydrogen) atoms. The Bertz CT molecular complexity index is 579. The van der Waals surface area contributed by atoms with Crippen LogP contribution >= 0.6 is 0 Å². The van der Waals surface area contributed by atoms with Crippen LogP contribution in [-0.4, -0.2) is 4.92 Å². The van der Waals surface area contributed by atoms with Gasteiger partial charge in [-0.05, 0) is 37.1 Å². The van der Waals surface area contributed by atoms with E-state index in [4.69, 9.17) is 0 Å². The number of aryl methyl sites for hydroxylation is 1. The van der Waals surface area contributed by atoms with E-state index in [1.165, 1.54) is 23.3 Å². The van der Waals surface area contributed by atoms with Crippen molar-refractivity contribution in [3.05, 3.63) is 69.8 Å². The molecule has 0 radical (unpaired) electrons. The van der Waals surface area contributed by atoms with Crippen molar-refractivity contribution in [1.29, 1.82) is 0 Å². The molecule has 2 rings (SSSR count).